The maximum atomic E-state index is 9.90. The van der Waals surface area contributed by atoms with Gasteiger partial charge in [-0.25, -0.2) is 0 Å². The minimum atomic E-state index is -0.312. The van der Waals surface area contributed by atoms with Gasteiger partial charge in [0, 0.05) is 10.8 Å². The Hall–Kier alpha value is -1.59. The fourth-order valence-electron chi connectivity index (χ4n) is 3.33. The van der Waals surface area contributed by atoms with Crippen molar-refractivity contribution in [3.8, 4) is 6.07 Å². The molecule has 0 bridgehead atoms. The van der Waals surface area contributed by atoms with E-state index in [0.717, 1.165) is 19.3 Å². The lowest BCUT2D eigenvalue weighted by Crippen LogP contribution is -2.34. The summed E-state index contributed by atoms with van der Waals surface area (Å²) in [4.78, 5) is 1.24. The molecule has 2 aromatic rings. The van der Waals surface area contributed by atoms with Gasteiger partial charge in [-0.05, 0) is 29.9 Å². The van der Waals surface area contributed by atoms with Crippen LogP contribution in [0.3, 0.4) is 0 Å². The van der Waals surface area contributed by atoms with E-state index in [4.69, 9.17) is 0 Å². The van der Waals surface area contributed by atoms with Crippen LogP contribution < -0.4 is 0 Å². The van der Waals surface area contributed by atoms with Crippen molar-refractivity contribution in [1.82, 2.24) is 0 Å². The molecule has 96 valence electrons. The van der Waals surface area contributed by atoms with E-state index in [9.17, 15) is 5.26 Å². The Morgan fingerprint density at radius 1 is 1.11 bits per heavy atom. The first-order valence-electron chi connectivity index (χ1n) is 6.87. The zero-order valence-corrected chi connectivity index (χ0v) is 11.7. The van der Waals surface area contributed by atoms with E-state index in [1.807, 2.05) is 6.07 Å². The van der Waals surface area contributed by atoms with Gasteiger partial charge < -0.3 is 0 Å². The Balaban J connectivity index is 2.08. The summed E-state index contributed by atoms with van der Waals surface area (Å²) in [6, 6.07) is 17.4. The fourth-order valence-corrected chi connectivity index (χ4v) is 4.29. The lowest BCUT2D eigenvalue weighted by molar-refractivity contribution is 0.317. The molecule has 1 aromatic carbocycles. The van der Waals surface area contributed by atoms with Gasteiger partial charge in [-0.15, -0.1) is 11.3 Å². The number of hydrogen-bond donors (Lipinski definition) is 0. The van der Waals surface area contributed by atoms with Gasteiger partial charge in [0.05, 0.1) is 11.5 Å². The third kappa shape index (κ3) is 2.09. The van der Waals surface area contributed by atoms with E-state index < -0.39 is 0 Å². The standard InChI is InChI=1S/C17H17NS/c18-13-17(16-10-6-12-19-16)11-5-4-9-15(17)14-7-2-1-3-8-14/h1-3,6-8,10,12,15H,4-5,9,11H2. The molecule has 2 unspecified atom stereocenters. The largest absolute Gasteiger partial charge is 0.197 e. The molecule has 0 radical (unpaired) electrons. The molecular weight excluding hydrogens is 250 g/mol. The van der Waals surface area contributed by atoms with Crippen LogP contribution in [0.2, 0.25) is 0 Å². The van der Waals surface area contributed by atoms with Gasteiger partial charge in [-0.2, -0.15) is 5.26 Å². The molecule has 0 N–H and O–H groups in total. The first-order valence-corrected chi connectivity index (χ1v) is 7.75. The molecule has 1 nitrogen and oxygen atoms in total. The maximum Gasteiger partial charge on any atom is 0.0982 e. The number of benzene rings is 1. The highest BCUT2D eigenvalue weighted by molar-refractivity contribution is 7.10. The molecule has 0 aliphatic heterocycles. The Morgan fingerprint density at radius 2 is 1.95 bits per heavy atom. The second-order valence-corrected chi connectivity index (χ2v) is 6.22. The van der Waals surface area contributed by atoms with Gasteiger partial charge >= 0.3 is 0 Å². The summed E-state index contributed by atoms with van der Waals surface area (Å²) in [6.07, 6.45) is 4.50. The third-order valence-electron chi connectivity index (χ3n) is 4.27. The van der Waals surface area contributed by atoms with E-state index in [2.05, 4.69) is 47.8 Å². The first-order chi connectivity index (χ1) is 9.37. The van der Waals surface area contributed by atoms with Crippen LogP contribution in [0, 0.1) is 11.3 Å². The highest BCUT2D eigenvalue weighted by Gasteiger charge is 2.44. The van der Waals surface area contributed by atoms with E-state index in [1.165, 1.54) is 16.9 Å². The van der Waals surface area contributed by atoms with Crippen molar-refractivity contribution in [3.05, 3.63) is 58.3 Å². The van der Waals surface area contributed by atoms with E-state index >= 15 is 0 Å². The molecular formula is C17H17NS. The number of rotatable bonds is 2. The summed E-state index contributed by atoms with van der Waals surface area (Å²) in [5, 5.41) is 12.0. The highest BCUT2D eigenvalue weighted by atomic mass is 32.1. The summed E-state index contributed by atoms with van der Waals surface area (Å²) in [5.74, 6) is 0.339. The lowest BCUT2D eigenvalue weighted by Gasteiger charge is -2.38. The molecule has 1 saturated carbocycles. The SMILES string of the molecule is N#CC1(c2cccs2)CCCCC1c1ccccc1. The summed E-state index contributed by atoms with van der Waals surface area (Å²) in [7, 11) is 0. The summed E-state index contributed by atoms with van der Waals surface area (Å²) < 4.78 is 0. The van der Waals surface area contributed by atoms with Crippen molar-refractivity contribution in [3.63, 3.8) is 0 Å². The van der Waals surface area contributed by atoms with Crippen LogP contribution in [0.5, 0.6) is 0 Å². The van der Waals surface area contributed by atoms with Gasteiger partial charge in [-0.3, -0.25) is 0 Å². The zero-order chi connectivity index (χ0) is 13.1. The van der Waals surface area contributed by atoms with Crippen molar-refractivity contribution >= 4 is 11.3 Å². The second kappa shape index (κ2) is 5.19. The van der Waals surface area contributed by atoms with Crippen molar-refractivity contribution in [2.75, 3.05) is 0 Å². The second-order valence-electron chi connectivity index (χ2n) is 5.27. The average molecular weight is 267 g/mol. The van der Waals surface area contributed by atoms with Crippen LogP contribution in [-0.2, 0) is 5.41 Å². The molecule has 1 aliphatic carbocycles. The topological polar surface area (TPSA) is 23.8 Å². The molecule has 1 fully saturated rings. The normalized spacial score (nSPS) is 26.8. The minimum absolute atomic E-state index is 0.312. The molecule has 1 aromatic heterocycles. The summed E-state index contributed by atoms with van der Waals surface area (Å²) >= 11 is 1.73. The van der Waals surface area contributed by atoms with Gasteiger partial charge in [0.2, 0.25) is 0 Å². The van der Waals surface area contributed by atoms with E-state index in [0.29, 0.717) is 5.92 Å². The Morgan fingerprint density at radius 3 is 2.63 bits per heavy atom. The number of thiophene rings is 1. The van der Waals surface area contributed by atoms with Crippen LogP contribution >= 0.6 is 11.3 Å². The predicted octanol–water partition coefficient (Wildman–Crippen LogP) is 4.87. The smallest absolute Gasteiger partial charge is 0.0982 e. The Kier molecular flexibility index (Phi) is 3.40. The van der Waals surface area contributed by atoms with Crippen LogP contribution in [0.15, 0.2) is 47.8 Å². The maximum absolute atomic E-state index is 9.90. The number of nitrogens with zero attached hydrogens (tertiary/aromatic N) is 1. The van der Waals surface area contributed by atoms with Crippen LogP contribution in [-0.4, -0.2) is 0 Å². The van der Waals surface area contributed by atoms with Crippen LogP contribution in [0.25, 0.3) is 0 Å². The average Bonchev–Trinajstić information content (AvgIpc) is 3.03. The van der Waals surface area contributed by atoms with Crippen molar-refractivity contribution in [2.24, 2.45) is 0 Å². The van der Waals surface area contributed by atoms with Gasteiger partial charge in [0.1, 0.15) is 0 Å². The van der Waals surface area contributed by atoms with Gasteiger partial charge in [0.15, 0.2) is 0 Å². The molecule has 1 heterocycles. The van der Waals surface area contributed by atoms with Gasteiger partial charge in [-0.1, -0.05) is 49.2 Å². The molecule has 2 heteroatoms. The van der Waals surface area contributed by atoms with Crippen molar-refractivity contribution in [2.45, 2.75) is 37.0 Å². The van der Waals surface area contributed by atoms with Crippen LogP contribution in [0.1, 0.15) is 42.0 Å². The Bertz CT molecular complexity index is 567. The monoisotopic (exact) mass is 267 g/mol. The lowest BCUT2D eigenvalue weighted by atomic mass is 9.64. The van der Waals surface area contributed by atoms with Gasteiger partial charge in [0.25, 0.3) is 0 Å². The summed E-state index contributed by atoms with van der Waals surface area (Å²) in [6.45, 7) is 0. The minimum Gasteiger partial charge on any atom is -0.197 e. The van der Waals surface area contributed by atoms with Crippen molar-refractivity contribution < 1.29 is 0 Å². The molecule has 0 amide bonds. The molecule has 3 rings (SSSR count). The number of nitriles is 1. The molecule has 0 spiro atoms. The Labute approximate surface area is 118 Å². The van der Waals surface area contributed by atoms with E-state index in [-0.39, 0.29) is 5.41 Å². The van der Waals surface area contributed by atoms with E-state index in [1.54, 1.807) is 11.3 Å². The molecule has 0 saturated heterocycles. The third-order valence-corrected chi connectivity index (χ3v) is 5.32. The molecule has 1 aliphatic rings. The van der Waals surface area contributed by atoms with Crippen LogP contribution in [0.4, 0.5) is 0 Å². The van der Waals surface area contributed by atoms with Crippen molar-refractivity contribution in [1.29, 1.82) is 5.26 Å². The highest BCUT2D eigenvalue weighted by Crippen LogP contribution is 2.50. The predicted molar refractivity (Wildman–Crippen MR) is 79.3 cm³/mol. The summed E-state index contributed by atoms with van der Waals surface area (Å²) in [5.41, 5.74) is 1.01. The first kappa shape index (κ1) is 12.4. The molecule has 19 heavy (non-hydrogen) atoms. The quantitative estimate of drug-likeness (QED) is 0.761. The number of hydrogen-bond acceptors (Lipinski definition) is 2. The zero-order valence-electron chi connectivity index (χ0n) is 10.9. The molecule has 2 atom stereocenters. The fraction of sp³-hybridized carbons (Fsp3) is 0.353.